The lowest BCUT2D eigenvalue weighted by molar-refractivity contribution is -0.276. The maximum absolute atomic E-state index is 12.5. The van der Waals surface area contributed by atoms with E-state index >= 15 is 0 Å². The first-order valence-electron chi connectivity index (χ1n) is 9.13. The molecule has 0 bridgehead atoms. The van der Waals surface area contributed by atoms with Gasteiger partial charge in [0.1, 0.15) is 11.3 Å². The summed E-state index contributed by atoms with van der Waals surface area (Å²) >= 11 is 0. The highest BCUT2D eigenvalue weighted by molar-refractivity contribution is 5.96. The normalized spacial score (nSPS) is 13.2. The third-order valence-electron chi connectivity index (χ3n) is 4.53. The Morgan fingerprint density at radius 2 is 2.03 bits per heavy atom. The molecule has 1 aliphatic rings. The van der Waals surface area contributed by atoms with Crippen molar-refractivity contribution in [1.29, 1.82) is 0 Å². The number of aromatic nitrogens is 1. The minimum absolute atomic E-state index is 0.232. The van der Waals surface area contributed by atoms with Gasteiger partial charge in [-0.2, -0.15) is 0 Å². The Hall–Kier alpha value is -3.03. The summed E-state index contributed by atoms with van der Waals surface area (Å²) in [6, 6.07) is 4.45. The minimum atomic E-state index is -4.81. The molecule has 2 aromatic rings. The number of rotatable bonds is 5. The number of esters is 1. The van der Waals surface area contributed by atoms with Crippen LogP contribution in [0, 0.1) is 6.92 Å². The zero-order valence-electron chi connectivity index (χ0n) is 16.2. The Morgan fingerprint density at radius 1 is 1.28 bits per heavy atom. The number of carbonyl (C=O) groups is 1. The van der Waals surface area contributed by atoms with Crippen molar-refractivity contribution in [2.75, 3.05) is 6.61 Å². The van der Waals surface area contributed by atoms with E-state index in [-0.39, 0.29) is 6.61 Å². The average Bonchev–Trinajstić information content (AvgIpc) is 2.66. The van der Waals surface area contributed by atoms with Gasteiger partial charge in [0.15, 0.2) is 0 Å². The zero-order chi connectivity index (χ0) is 21.2. The van der Waals surface area contributed by atoms with Crippen LogP contribution < -0.4 is 9.47 Å². The first-order valence-corrected chi connectivity index (χ1v) is 9.13. The van der Waals surface area contributed by atoms with E-state index in [1.54, 1.807) is 26.2 Å². The highest BCUT2D eigenvalue weighted by Gasteiger charge is 2.32. The fourth-order valence-corrected chi connectivity index (χ4v) is 3.19. The fraction of sp³-hybridized carbons (Fsp3) is 0.333. The Kier molecular flexibility index (Phi) is 5.81. The number of hydrogen-bond donors (Lipinski definition) is 0. The van der Waals surface area contributed by atoms with Crippen molar-refractivity contribution in [1.82, 2.24) is 4.98 Å². The molecule has 1 aliphatic heterocycles. The van der Waals surface area contributed by atoms with Crippen LogP contribution in [0.5, 0.6) is 11.6 Å². The number of fused-ring (bicyclic) bond motifs is 1. The fourth-order valence-electron chi connectivity index (χ4n) is 3.19. The number of benzene rings is 1. The number of nitrogens with zero attached hydrogens (tertiary/aromatic N) is 1. The van der Waals surface area contributed by atoms with Gasteiger partial charge in [0, 0.05) is 29.8 Å². The van der Waals surface area contributed by atoms with Crippen molar-refractivity contribution in [3.05, 3.63) is 52.9 Å². The third-order valence-corrected chi connectivity index (χ3v) is 4.53. The van der Waals surface area contributed by atoms with Gasteiger partial charge in [-0.15, -0.1) is 13.2 Å². The molecule has 0 spiro atoms. The van der Waals surface area contributed by atoms with E-state index in [0.717, 1.165) is 29.2 Å². The summed E-state index contributed by atoms with van der Waals surface area (Å²) in [6.07, 6.45) is -0.552. The number of allylic oxidation sites excluding steroid dienone is 1. The van der Waals surface area contributed by atoms with Crippen molar-refractivity contribution in [3.63, 3.8) is 0 Å². The Morgan fingerprint density at radius 3 is 2.62 bits per heavy atom. The summed E-state index contributed by atoms with van der Waals surface area (Å²) in [6.45, 7) is 5.70. The molecule has 154 valence electrons. The third kappa shape index (κ3) is 4.52. The van der Waals surface area contributed by atoms with E-state index in [0.29, 0.717) is 28.9 Å². The largest absolute Gasteiger partial charge is 0.574 e. The SMILES string of the molecule is CCOC(=O)c1c(C)cc(-c2ccc(OC(F)(F)F)nc2)c2c1OC=C(CC)C2. The van der Waals surface area contributed by atoms with Gasteiger partial charge in [-0.25, -0.2) is 9.78 Å². The number of hydrogen-bond acceptors (Lipinski definition) is 5. The van der Waals surface area contributed by atoms with Crippen LogP contribution in [-0.2, 0) is 11.2 Å². The molecule has 29 heavy (non-hydrogen) atoms. The van der Waals surface area contributed by atoms with Crippen LogP contribution in [0.25, 0.3) is 11.1 Å². The monoisotopic (exact) mass is 407 g/mol. The van der Waals surface area contributed by atoms with E-state index in [4.69, 9.17) is 9.47 Å². The van der Waals surface area contributed by atoms with E-state index in [9.17, 15) is 18.0 Å². The Balaban J connectivity index is 2.08. The maximum Gasteiger partial charge on any atom is 0.574 e. The number of carbonyl (C=O) groups excluding carboxylic acids is 1. The van der Waals surface area contributed by atoms with Crippen LogP contribution in [0.15, 0.2) is 36.2 Å². The van der Waals surface area contributed by atoms with Crippen LogP contribution in [0.1, 0.15) is 41.8 Å². The number of pyridine rings is 1. The quantitative estimate of drug-likeness (QED) is 0.625. The summed E-state index contributed by atoms with van der Waals surface area (Å²) in [4.78, 5) is 16.2. The van der Waals surface area contributed by atoms with Crippen LogP contribution in [-0.4, -0.2) is 23.9 Å². The predicted molar refractivity (Wildman–Crippen MR) is 99.8 cm³/mol. The maximum atomic E-state index is 12.5. The first-order chi connectivity index (χ1) is 13.7. The van der Waals surface area contributed by atoms with Gasteiger partial charge >= 0.3 is 12.3 Å². The summed E-state index contributed by atoms with van der Waals surface area (Å²) in [5.74, 6) is -0.611. The molecule has 8 heteroatoms. The first kappa shape index (κ1) is 20.7. The molecule has 0 aliphatic carbocycles. The van der Waals surface area contributed by atoms with Crippen molar-refractivity contribution in [2.24, 2.45) is 0 Å². The molecular weight excluding hydrogens is 387 g/mol. The van der Waals surface area contributed by atoms with Crippen molar-refractivity contribution in [2.45, 2.75) is 40.0 Å². The summed E-state index contributed by atoms with van der Waals surface area (Å²) in [7, 11) is 0. The van der Waals surface area contributed by atoms with Crippen molar-refractivity contribution < 1.29 is 32.2 Å². The highest BCUT2D eigenvalue weighted by atomic mass is 19.4. The molecule has 5 nitrogen and oxygen atoms in total. The van der Waals surface area contributed by atoms with Crippen LogP contribution >= 0.6 is 0 Å². The second-order valence-corrected chi connectivity index (χ2v) is 6.50. The minimum Gasteiger partial charge on any atom is -0.464 e. The van der Waals surface area contributed by atoms with E-state index in [2.05, 4.69) is 9.72 Å². The van der Waals surface area contributed by atoms with E-state index in [1.807, 2.05) is 6.92 Å². The van der Waals surface area contributed by atoms with Gasteiger partial charge in [0.2, 0.25) is 5.88 Å². The van der Waals surface area contributed by atoms with Gasteiger partial charge in [-0.1, -0.05) is 6.92 Å². The summed E-state index contributed by atoms with van der Waals surface area (Å²) < 4.78 is 51.9. The van der Waals surface area contributed by atoms with Crippen LogP contribution in [0.3, 0.4) is 0 Å². The van der Waals surface area contributed by atoms with E-state index < -0.39 is 18.2 Å². The Bertz CT molecular complexity index is 950. The molecule has 1 aromatic carbocycles. The number of halogens is 3. The molecule has 0 radical (unpaired) electrons. The second-order valence-electron chi connectivity index (χ2n) is 6.50. The average molecular weight is 407 g/mol. The molecule has 0 saturated carbocycles. The molecule has 2 heterocycles. The predicted octanol–water partition coefficient (Wildman–Crippen LogP) is 5.36. The molecule has 0 amide bonds. The van der Waals surface area contributed by atoms with Crippen LogP contribution in [0.2, 0.25) is 0 Å². The standard InChI is InChI=1S/C21H20F3NO4/c1-4-13-9-16-15(14-6-7-17(25-10-14)29-21(22,23)24)8-12(3)18(19(16)28-11-13)20(26)27-5-2/h6-8,10-11H,4-5,9H2,1-3H3. The molecule has 0 unspecified atom stereocenters. The van der Waals surface area contributed by atoms with Crippen molar-refractivity contribution >= 4 is 5.97 Å². The molecule has 0 saturated heterocycles. The van der Waals surface area contributed by atoms with Gasteiger partial charge in [-0.05, 0) is 49.1 Å². The molecule has 0 fully saturated rings. The number of ether oxygens (including phenoxy) is 3. The number of aryl methyl sites for hydroxylation is 1. The molecule has 3 rings (SSSR count). The highest BCUT2D eigenvalue weighted by Crippen LogP contribution is 2.41. The van der Waals surface area contributed by atoms with Gasteiger partial charge < -0.3 is 14.2 Å². The lowest BCUT2D eigenvalue weighted by Crippen LogP contribution is -2.17. The lowest BCUT2D eigenvalue weighted by Gasteiger charge is -2.24. The van der Waals surface area contributed by atoms with Crippen molar-refractivity contribution in [3.8, 4) is 22.8 Å². The smallest absolute Gasteiger partial charge is 0.464 e. The van der Waals surface area contributed by atoms with Crippen LogP contribution in [0.4, 0.5) is 13.2 Å². The second kappa shape index (κ2) is 8.14. The van der Waals surface area contributed by atoms with Gasteiger partial charge in [0.05, 0.1) is 12.9 Å². The summed E-state index contributed by atoms with van der Waals surface area (Å²) in [5, 5.41) is 0. The molecule has 1 aromatic heterocycles. The van der Waals surface area contributed by atoms with Gasteiger partial charge in [0.25, 0.3) is 0 Å². The topological polar surface area (TPSA) is 57.7 Å². The lowest BCUT2D eigenvalue weighted by atomic mass is 9.88. The number of alkyl halides is 3. The molecule has 0 N–H and O–H groups in total. The summed E-state index contributed by atoms with van der Waals surface area (Å²) in [5.41, 5.74) is 4.11. The van der Waals surface area contributed by atoms with Gasteiger partial charge in [-0.3, -0.25) is 0 Å². The zero-order valence-corrected chi connectivity index (χ0v) is 16.2. The molecular formula is C21H20F3NO4. The molecule has 0 atom stereocenters. The Labute approximate surface area is 166 Å². The van der Waals surface area contributed by atoms with E-state index in [1.165, 1.54) is 12.3 Å².